The smallest absolute Gasteiger partial charge is 0.361 e. The minimum atomic E-state index is -0.625. The molecule has 1 aromatic heterocycles. The third-order valence-corrected chi connectivity index (χ3v) is 4.40. The number of nitrogens with zero attached hydrogens (tertiary/aromatic N) is 2. The predicted molar refractivity (Wildman–Crippen MR) is 79.7 cm³/mol. The van der Waals surface area contributed by atoms with Crippen LogP contribution < -0.4 is 0 Å². The summed E-state index contributed by atoms with van der Waals surface area (Å²) in [5, 5.41) is 7.62. The summed E-state index contributed by atoms with van der Waals surface area (Å²) in [7, 11) is 0. The highest BCUT2D eigenvalue weighted by Crippen LogP contribution is 2.31. The normalized spacial score (nSPS) is 15.7. The van der Waals surface area contributed by atoms with Crippen molar-refractivity contribution in [3.8, 4) is 0 Å². The molecule has 0 fully saturated rings. The molecule has 22 heavy (non-hydrogen) atoms. The van der Waals surface area contributed by atoms with E-state index in [1.54, 1.807) is 31.7 Å². The van der Waals surface area contributed by atoms with E-state index in [4.69, 9.17) is 9.36 Å². The Morgan fingerprint density at radius 2 is 2.27 bits per heavy atom. The van der Waals surface area contributed by atoms with Crippen LogP contribution in [-0.4, -0.2) is 22.6 Å². The van der Waals surface area contributed by atoms with E-state index in [-0.39, 0.29) is 11.4 Å². The van der Waals surface area contributed by atoms with Crippen LogP contribution >= 0.6 is 11.8 Å². The lowest BCUT2D eigenvalue weighted by atomic mass is 10.1. The molecule has 0 atom stereocenters. The molecule has 7 heteroatoms. The van der Waals surface area contributed by atoms with Crippen LogP contribution in [0.4, 0.5) is 4.39 Å². The molecule has 114 valence electrons. The summed E-state index contributed by atoms with van der Waals surface area (Å²) in [5.74, 6) is 0.222. The highest BCUT2D eigenvalue weighted by molar-refractivity contribution is 7.99. The third-order valence-electron chi connectivity index (χ3n) is 3.33. The van der Waals surface area contributed by atoms with Gasteiger partial charge in [-0.25, -0.2) is 9.18 Å². The average molecular weight is 320 g/mol. The summed E-state index contributed by atoms with van der Waals surface area (Å²) < 4.78 is 18.3. The van der Waals surface area contributed by atoms with E-state index in [0.717, 1.165) is 10.6 Å². The zero-order valence-corrected chi connectivity index (χ0v) is 12.9. The molecule has 5 nitrogen and oxygen atoms in total. The quantitative estimate of drug-likeness (QED) is 0.626. The Balaban J connectivity index is 1.86. The maximum atomic E-state index is 13.4. The second kappa shape index (κ2) is 5.92. The Bertz CT molecular complexity index is 751. The molecule has 0 N–H and O–H groups in total. The number of aromatic nitrogens is 1. The van der Waals surface area contributed by atoms with Crippen molar-refractivity contribution in [1.82, 2.24) is 5.16 Å². The number of oxime groups is 1. The molecule has 0 radical (unpaired) electrons. The first-order valence-corrected chi connectivity index (χ1v) is 7.68. The van der Waals surface area contributed by atoms with E-state index >= 15 is 0 Å². The van der Waals surface area contributed by atoms with Crippen LogP contribution in [0.5, 0.6) is 0 Å². The number of carbonyl (C=O) groups excluding carboxylic acids is 1. The van der Waals surface area contributed by atoms with Crippen molar-refractivity contribution < 1.29 is 18.5 Å². The van der Waals surface area contributed by atoms with Crippen LogP contribution in [-0.2, 0) is 4.84 Å². The van der Waals surface area contributed by atoms with Gasteiger partial charge in [0.05, 0.1) is 11.4 Å². The number of thioether (sulfide) groups is 1. The molecule has 1 aliphatic rings. The number of fused-ring (bicyclic) bond motifs is 1. The van der Waals surface area contributed by atoms with Crippen molar-refractivity contribution in [2.75, 3.05) is 5.75 Å². The van der Waals surface area contributed by atoms with Crippen molar-refractivity contribution in [1.29, 1.82) is 0 Å². The molecule has 0 spiro atoms. The first kappa shape index (κ1) is 14.8. The topological polar surface area (TPSA) is 64.7 Å². The second-order valence-corrected chi connectivity index (χ2v) is 5.99. The molecule has 2 heterocycles. The van der Waals surface area contributed by atoms with Gasteiger partial charge in [0.2, 0.25) is 0 Å². The maximum absolute atomic E-state index is 13.4. The van der Waals surface area contributed by atoms with Gasteiger partial charge in [-0.15, -0.1) is 11.8 Å². The Kier molecular flexibility index (Phi) is 3.98. The molecule has 0 saturated carbocycles. The van der Waals surface area contributed by atoms with Crippen molar-refractivity contribution >= 4 is 23.4 Å². The standard InChI is InChI=1S/C15H13FN2O3S/c1-8-14(9(2)20-17-8)15(19)21-18-12-5-6-22-13-4-3-10(16)7-11(12)13/h3-4,7H,5-6H2,1-2H3/b18-12+. The lowest BCUT2D eigenvalue weighted by molar-refractivity contribution is 0.0513. The summed E-state index contributed by atoms with van der Waals surface area (Å²) in [4.78, 5) is 18.0. The van der Waals surface area contributed by atoms with Gasteiger partial charge in [0, 0.05) is 22.6 Å². The second-order valence-electron chi connectivity index (χ2n) is 4.85. The van der Waals surface area contributed by atoms with Crippen molar-refractivity contribution in [3.05, 3.63) is 46.6 Å². The van der Waals surface area contributed by atoms with Crippen LogP contribution in [0.25, 0.3) is 0 Å². The zero-order chi connectivity index (χ0) is 15.7. The molecule has 0 saturated heterocycles. The molecule has 0 amide bonds. The van der Waals surface area contributed by atoms with Gasteiger partial charge in [0.1, 0.15) is 17.1 Å². The largest absolute Gasteiger partial charge is 0.371 e. The van der Waals surface area contributed by atoms with E-state index in [9.17, 15) is 9.18 Å². The van der Waals surface area contributed by atoms with E-state index in [2.05, 4.69) is 10.3 Å². The third kappa shape index (κ3) is 2.76. The van der Waals surface area contributed by atoms with Gasteiger partial charge in [-0.1, -0.05) is 10.3 Å². The SMILES string of the molecule is Cc1noc(C)c1C(=O)O/N=C1\CCSc2ccc(F)cc21. The van der Waals surface area contributed by atoms with Gasteiger partial charge in [0.25, 0.3) is 0 Å². The first-order valence-electron chi connectivity index (χ1n) is 6.70. The summed E-state index contributed by atoms with van der Waals surface area (Å²) in [6.07, 6.45) is 0.607. The van der Waals surface area contributed by atoms with Crippen LogP contribution in [0.15, 0.2) is 32.8 Å². The molecule has 1 aliphatic heterocycles. The Morgan fingerprint density at radius 1 is 1.45 bits per heavy atom. The minimum absolute atomic E-state index is 0.272. The fourth-order valence-electron chi connectivity index (χ4n) is 2.26. The first-order chi connectivity index (χ1) is 10.6. The predicted octanol–water partition coefficient (Wildman–Crippen LogP) is 3.49. The number of halogens is 1. The van der Waals surface area contributed by atoms with Crippen molar-refractivity contribution in [3.63, 3.8) is 0 Å². The average Bonchev–Trinajstić information content (AvgIpc) is 2.84. The lowest BCUT2D eigenvalue weighted by Gasteiger charge is -2.16. The van der Waals surface area contributed by atoms with Gasteiger partial charge >= 0.3 is 5.97 Å². The molecule has 0 aliphatic carbocycles. The Hall–Kier alpha value is -2.15. The number of carbonyl (C=O) groups is 1. The summed E-state index contributed by atoms with van der Waals surface area (Å²) in [6, 6.07) is 4.52. The monoisotopic (exact) mass is 320 g/mol. The molecule has 2 aromatic rings. The van der Waals surface area contributed by atoms with Crippen LogP contribution in [0.1, 0.15) is 33.8 Å². The number of benzene rings is 1. The van der Waals surface area contributed by atoms with Gasteiger partial charge in [-0.3, -0.25) is 0 Å². The number of aryl methyl sites for hydroxylation is 2. The highest BCUT2D eigenvalue weighted by atomic mass is 32.2. The van der Waals surface area contributed by atoms with Crippen LogP contribution in [0.3, 0.4) is 0 Å². The van der Waals surface area contributed by atoms with Gasteiger partial charge < -0.3 is 9.36 Å². The van der Waals surface area contributed by atoms with Crippen LogP contribution in [0.2, 0.25) is 0 Å². The van der Waals surface area contributed by atoms with Crippen molar-refractivity contribution in [2.24, 2.45) is 5.16 Å². The Morgan fingerprint density at radius 3 is 3.00 bits per heavy atom. The van der Waals surface area contributed by atoms with E-state index in [1.807, 2.05) is 0 Å². The van der Waals surface area contributed by atoms with E-state index < -0.39 is 5.97 Å². The fraction of sp³-hybridized carbons (Fsp3) is 0.267. The maximum Gasteiger partial charge on any atom is 0.371 e. The highest BCUT2D eigenvalue weighted by Gasteiger charge is 2.21. The molecule has 3 rings (SSSR count). The van der Waals surface area contributed by atoms with Gasteiger partial charge in [0.15, 0.2) is 0 Å². The minimum Gasteiger partial charge on any atom is -0.361 e. The summed E-state index contributed by atoms with van der Waals surface area (Å²) in [6.45, 7) is 3.29. The van der Waals surface area contributed by atoms with Gasteiger partial charge in [-0.2, -0.15) is 0 Å². The van der Waals surface area contributed by atoms with E-state index in [1.165, 1.54) is 12.1 Å². The molecular formula is C15H13FN2O3S. The Labute approximate surface area is 130 Å². The molecular weight excluding hydrogens is 307 g/mol. The van der Waals surface area contributed by atoms with Crippen LogP contribution in [0, 0.1) is 19.7 Å². The van der Waals surface area contributed by atoms with E-state index in [0.29, 0.717) is 29.2 Å². The molecule has 1 aromatic carbocycles. The summed E-state index contributed by atoms with van der Waals surface area (Å²) >= 11 is 1.63. The number of rotatable bonds is 2. The molecule has 0 bridgehead atoms. The fourth-order valence-corrected chi connectivity index (χ4v) is 3.27. The number of hydrogen-bond donors (Lipinski definition) is 0. The van der Waals surface area contributed by atoms with Gasteiger partial charge in [-0.05, 0) is 32.0 Å². The zero-order valence-electron chi connectivity index (χ0n) is 12.1. The summed E-state index contributed by atoms with van der Waals surface area (Å²) in [5.41, 5.74) is 1.96. The van der Waals surface area contributed by atoms with Crippen molar-refractivity contribution in [2.45, 2.75) is 25.2 Å². The lowest BCUT2D eigenvalue weighted by Crippen LogP contribution is -2.12. The molecule has 0 unspecified atom stereocenters. The number of hydrogen-bond acceptors (Lipinski definition) is 6.